The highest BCUT2D eigenvalue weighted by Gasteiger charge is 2.34. The highest BCUT2D eigenvalue weighted by atomic mass is 35.5. The van der Waals surface area contributed by atoms with Gasteiger partial charge in [0, 0.05) is 17.1 Å². The minimum atomic E-state index is -0.686. The first-order valence-corrected chi connectivity index (χ1v) is 5.73. The van der Waals surface area contributed by atoms with Gasteiger partial charge in [-0.25, -0.2) is 0 Å². The Morgan fingerprint density at radius 3 is 2.81 bits per heavy atom. The van der Waals surface area contributed by atoms with Gasteiger partial charge in [-0.15, -0.1) is 0 Å². The minimum absolute atomic E-state index is 0.192. The molecule has 1 aliphatic rings. The third kappa shape index (κ3) is 2.54. The summed E-state index contributed by atoms with van der Waals surface area (Å²) in [4.78, 5) is 11.7. The molecule has 0 unspecified atom stereocenters. The monoisotopic (exact) mass is 239 g/mol. The van der Waals surface area contributed by atoms with Gasteiger partial charge in [0.25, 0.3) is 5.91 Å². The molecule has 0 saturated heterocycles. The molecule has 2 N–H and O–H groups in total. The van der Waals surface area contributed by atoms with E-state index in [1.165, 1.54) is 0 Å². The van der Waals surface area contributed by atoms with Crippen LogP contribution in [-0.4, -0.2) is 23.2 Å². The summed E-state index contributed by atoms with van der Waals surface area (Å²) in [5.41, 5.74) is -0.163. The van der Waals surface area contributed by atoms with Crippen LogP contribution in [0.5, 0.6) is 0 Å². The lowest BCUT2D eigenvalue weighted by Gasteiger charge is -2.36. The van der Waals surface area contributed by atoms with Crippen molar-refractivity contribution in [2.24, 2.45) is 0 Å². The standard InChI is InChI=1S/C12H14ClNO2/c13-10-4-1-3-9(7-10)11(15)14-8-12(16)5-2-6-12/h1,3-4,7,16H,2,5-6,8H2,(H,14,15). The molecule has 0 aromatic heterocycles. The van der Waals surface area contributed by atoms with Gasteiger partial charge >= 0.3 is 0 Å². The molecular weight excluding hydrogens is 226 g/mol. The second-order valence-electron chi connectivity index (χ2n) is 4.27. The van der Waals surface area contributed by atoms with Crippen molar-refractivity contribution >= 4 is 17.5 Å². The zero-order chi connectivity index (χ0) is 11.6. The zero-order valence-electron chi connectivity index (χ0n) is 8.87. The SMILES string of the molecule is O=C(NCC1(O)CCC1)c1cccc(Cl)c1. The molecule has 0 spiro atoms. The summed E-state index contributed by atoms with van der Waals surface area (Å²) < 4.78 is 0. The molecule has 0 radical (unpaired) electrons. The maximum Gasteiger partial charge on any atom is 0.251 e. The average molecular weight is 240 g/mol. The Bertz CT molecular complexity index is 402. The lowest BCUT2D eigenvalue weighted by molar-refractivity contribution is -0.0300. The molecule has 1 fully saturated rings. The maximum absolute atomic E-state index is 11.7. The van der Waals surface area contributed by atoms with Gasteiger partial charge in [0.05, 0.1) is 5.60 Å². The third-order valence-corrected chi connectivity index (χ3v) is 3.18. The molecule has 86 valence electrons. The van der Waals surface area contributed by atoms with Crippen LogP contribution in [0.25, 0.3) is 0 Å². The van der Waals surface area contributed by atoms with Gasteiger partial charge in [-0.2, -0.15) is 0 Å². The Morgan fingerprint density at radius 1 is 1.50 bits per heavy atom. The predicted molar refractivity (Wildman–Crippen MR) is 62.6 cm³/mol. The molecule has 0 heterocycles. The molecule has 1 amide bonds. The van der Waals surface area contributed by atoms with E-state index in [0.29, 0.717) is 17.1 Å². The zero-order valence-corrected chi connectivity index (χ0v) is 9.63. The summed E-state index contributed by atoms with van der Waals surface area (Å²) in [6.07, 6.45) is 2.56. The summed E-state index contributed by atoms with van der Waals surface area (Å²) in [5, 5.41) is 13.1. The van der Waals surface area contributed by atoms with Crippen LogP contribution < -0.4 is 5.32 Å². The van der Waals surface area contributed by atoms with E-state index < -0.39 is 5.60 Å². The lowest BCUT2D eigenvalue weighted by Crippen LogP contribution is -2.47. The van der Waals surface area contributed by atoms with Crippen LogP contribution in [0.1, 0.15) is 29.6 Å². The molecule has 16 heavy (non-hydrogen) atoms. The molecule has 1 aromatic rings. The van der Waals surface area contributed by atoms with Crippen LogP contribution >= 0.6 is 11.6 Å². The van der Waals surface area contributed by atoms with Crippen molar-refractivity contribution in [2.75, 3.05) is 6.54 Å². The molecular formula is C12H14ClNO2. The van der Waals surface area contributed by atoms with Crippen molar-refractivity contribution in [3.8, 4) is 0 Å². The topological polar surface area (TPSA) is 49.3 Å². The third-order valence-electron chi connectivity index (χ3n) is 2.95. The van der Waals surface area contributed by atoms with Crippen molar-refractivity contribution in [1.82, 2.24) is 5.32 Å². The van der Waals surface area contributed by atoms with Crippen molar-refractivity contribution in [3.05, 3.63) is 34.9 Å². The fourth-order valence-corrected chi connectivity index (χ4v) is 1.93. The molecule has 2 rings (SSSR count). The van der Waals surface area contributed by atoms with Crippen LogP contribution in [0, 0.1) is 0 Å². The van der Waals surface area contributed by atoms with E-state index in [1.807, 2.05) is 0 Å². The maximum atomic E-state index is 11.7. The van der Waals surface area contributed by atoms with Crippen LogP contribution in [0.2, 0.25) is 5.02 Å². The number of carbonyl (C=O) groups excluding carboxylic acids is 1. The molecule has 0 bridgehead atoms. The second kappa shape index (κ2) is 4.44. The summed E-state index contributed by atoms with van der Waals surface area (Å²) in [7, 11) is 0. The van der Waals surface area contributed by atoms with E-state index in [0.717, 1.165) is 19.3 Å². The van der Waals surface area contributed by atoms with Gasteiger partial charge in [-0.05, 0) is 37.5 Å². The molecule has 0 atom stereocenters. The Labute approximate surface area is 99.4 Å². The number of benzene rings is 1. The largest absolute Gasteiger partial charge is 0.388 e. The summed E-state index contributed by atoms with van der Waals surface area (Å²) >= 11 is 5.79. The van der Waals surface area contributed by atoms with Crippen LogP contribution in [0.4, 0.5) is 0 Å². The summed E-state index contributed by atoms with van der Waals surface area (Å²) in [6, 6.07) is 6.76. The predicted octanol–water partition coefficient (Wildman–Crippen LogP) is 1.98. The highest BCUT2D eigenvalue weighted by molar-refractivity contribution is 6.30. The number of rotatable bonds is 3. The number of hydrogen-bond donors (Lipinski definition) is 2. The van der Waals surface area contributed by atoms with Crippen LogP contribution in [-0.2, 0) is 0 Å². The van der Waals surface area contributed by atoms with E-state index in [9.17, 15) is 9.90 Å². The van der Waals surface area contributed by atoms with Crippen molar-refractivity contribution in [2.45, 2.75) is 24.9 Å². The number of hydrogen-bond acceptors (Lipinski definition) is 2. The first-order valence-electron chi connectivity index (χ1n) is 5.35. The van der Waals surface area contributed by atoms with Gasteiger partial charge in [-0.3, -0.25) is 4.79 Å². The molecule has 4 heteroatoms. The number of halogens is 1. The molecule has 0 aliphatic heterocycles. The molecule has 1 aromatic carbocycles. The van der Waals surface area contributed by atoms with Gasteiger partial charge < -0.3 is 10.4 Å². The Kier molecular flexibility index (Phi) is 3.17. The van der Waals surface area contributed by atoms with E-state index in [2.05, 4.69) is 5.32 Å². The van der Waals surface area contributed by atoms with Gasteiger partial charge in [0.2, 0.25) is 0 Å². The highest BCUT2D eigenvalue weighted by Crippen LogP contribution is 2.30. The Balaban J connectivity index is 1.93. The van der Waals surface area contributed by atoms with Gasteiger partial charge in [-0.1, -0.05) is 17.7 Å². The van der Waals surface area contributed by atoms with Crippen LogP contribution in [0.15, 0.2) is 24.3 Å². The number of carbonyl (C=O) groups is 1. The summed E-state index contributed by atoms with van der Waals surface area (Å²) in [5.74, 6) is -0.192. The van der Waals surface area contributed by atoms with E-state index in [-0.39, 0.29) is 5.91 Å². The van der Waals surface area contributed by atoms with E-state index >= 15 is 0 Å². The van der Waals surface area contributed by atoms with Crippen molar-refractivity contribution in [3.63, 3.8) is 0 Å². The minimum Gasteiger partial charge on any atom is -0.388 e. The number of nitrogens with one attached hydrogen (secondary N) is 1. The quantitative estimate of drug-likeness (QED) is 0.848. The number of amides is 1. The van der Waals surface area contributed by atoms with Crippen molar-refractivity contribution in [1.29, 1.82) is 0 Å². The smallest absolute Gasteiger partial charge is 0.251 e. The fraction of sp³-hybridized carbons (Fsp3) is 0.417. The normalized spacial score (nSPS) is 17.6. The van der Waals surface area contributed by atoms with E-state index in [4.69, 9.17) is 11.6 Å². The summed E-state index contributed by atoms with van der Waals surface area (Å²) in [6.45, 7) is 0.318. The molecule has 1 aliphatic carbocycles. The molecule has 1 saturated carbocycles. The Hall–Kier alpha value is -1.06. The average Bonchev–Trinajstić information content (AvgIpc) is 2.23. The fourth-order valence-electron chi connectivity index (χ4n) is 1.74. The number of aliphatic hydroxyl groups is 1. The molecule has 3 nitrogen and oxygen atoms in total. The first-order chi connectivity index (χ1) is 7.59. The van der Waals surface area contributed by atoms with Gasteiger partial charge in [0.1, 0.15) is 0 Å². The van der Waals surface area contributed by atoms with Gasteiger partial charge in [0.15, 0.2) is 0 Å². The first kappa shape index (κ1) is 11.4. The Morgan fingerprint density at radius 2 is 2.25 bits per heavy atom. The van der Waals surface area contributed by atoms with E-state index in [1.54, 1.807) is 24.3 Å². The van der Waals surface area contributed by atoms with Crippen LogP contribution in [0.3, 0.4) is 0 Å². The second-order valence-corrected chi connectivity index (χ2v) is 4.71. The lowest BCUT2D eigenvalue weighted by atomic mass is 9.80. The van der Waals surface area contributed by atoms with Crippen molar-refractivity contribution < 1.29 is 9.90 Å².